The lowest BCUT2D eigenvalue weighted by molar-refractivity contribution is 0.00578. The summed E-state index contributed by atoms with van der Waals surface area (Å²) in [4.78, 5) is 0. The number of thiophene rings is 1. The van der Waals surface area contributed by atoms with Gasteiger partial charge in [0.2, 0.25) is 0 Å². The molecule has 39 heavy (non-hydrogen) atoms. The number of fused-ring (bicyclic) bond motifs is 3. The van der Waals surface area contributed by atoms with Gasteiger partial charge in [0.05, 0.1) is 11.2 Å². The summed E-state index contributed by atoms with van der Waals surface area (Å²) in [7, 11) is -0.620. The van der Waals surface area contributed by atoms with Gasteiger partial charge < -0.3 is 14.0 Å². The van der Waals surface area contributed by atoms with Gasteiger partial charge >= 0.3 is 7.32 Å². The number of aryl methyl sites for hydroxylation is 1. The van der Waals surface area contributed by atoms with Crippen molar-refractivity contribution in [1.29, 1.82) is 0 Å². The third-order valence-corrected chi connectivity index (χ3v) is 9.45. The Balaban J connectivity index is 1.28. The van der Waals surface area contributed by atoms with Crippen molar-refractivity contribution in [3.63, 3.8) is 0 Å². The maximum absolute atomic E-state index is 6.12. The molecule has 1 unspecified atom stereocenters. The Hall–Kier alpha value is -2.96. The van der Waals surface area contributed by atoms with Crippen LogP contribution in [0.4, 0.5) is 0 Å². The minimum absolute atomic E-state index is 0.0240. The zero-order valence-electron chi connectivity index (χ0n) is 23.4. The van der Waals surface area contributed by atoms with E-state index in [4.69, 9.17) is 14.0 Å². The Morgan fingerprint density at radius 2 is 1.38 bits per heavy atom. The summed E-state index contributed by atoms with van der Waals surface area (Å²) in [5.74, 6) is 0. The van der Waals surface area contributed by atoms with E-state index in [1.165, 1.54) is 48.0 Å². The van der Waals surface area contributed by atoms with E-state index in [0.717, 1.165) is 12.8 Å². The van der Waals surface area contributed by atoms with Crippen molar-refractivity contribution in [1.82, 2.24) is 0 Å². The maximum Gasteiger partial charge on any atom is 0.640 e. The van der Waals surface area contributed by atoms with Crippen molar-refractivity contribution in [2.45, 2.75) is 64.8 Å². The van der Waals surface area contributed by atoms with Gasteiger partial charge in [-0.1, -0.05) is 72.8 Å². The zero-order chi connectivity index (χ0) is 27.2. The molecular formula is C34H35BO3S. The molecule has 2 heterocycles. The highest BCUT2D eigenvalue weighted by molar-refractivity contribution is 7.26. The fourth-order valence-corrected chi connectivity index (χ4v) is 6.46. The zero-order valence-corrected chi connectivity index (χ0v) is 24.2. The van der Waals surface area contributed by atoms with Crippen molar-refractivity contribution in [3.05, 3.63) is 96.6 Å². The van der Waals surface area contributed by atoms with Gasteiger partial charge in [0.15, 0.2) is 0 Å². The molecule has 5 heteroatoms. The molecule has 1 aromatic heterocycles. The fraction of sp³-hybridized carbons (Fsp3) is 0.294. The van der Waals surface area contributed by atoms with Crippen LogP contribution >= 0.6 is 11.3 Å². The molecule has 0 aliphatic carbocycles. The van der Waals surface area contributed by atoms with Gasteiger partial charge in [-0.25, -0.2) is 0 Å². The van der Waals surface area contributed by atoms with Crippen LogP contribution in [0.25, 0.3) is 42.4 Å². The number of benzene rings is 4. The minimum Gasteiger partial charge on any atom is -0.383 e. The van der Waals surface area contributed by atoms with Crippen molar-refractivity contribution in [2.75, 3.05) is 0 Å². The molecule has 0 N–H and O–H groups in total. The summed E-state index contributed by atoms with van der Waals surface area (Å²) in [5.41, 5.74) is 5.58. The van der Waals surface area contributed by atoms with Crippen LogP contribution in [-0.2, 0) is 20.4 Å². The van der Waals surface area contributed by atoms with Crippen molar-refractivity contribution in [2.24, 2.45) is 0 Å². The molecule has 1 aliphatic rings. The molecule has 0 radical (unpaired) electrons. The monoisotopic (exact) mass is 534 g/mol. The van der Waals surface area contributed by atoms with Crippen molar-refractivity contribution in [3.8, 4) is 22.3 Å². The Kier molecular flexibility index (Phi) is 6.89. The van der Waals surface area contributed by atoms with Gasteiger partial charge in [-0.15, -0.1) is 11.3 Å². The lowest BCUT2D eigenvalue weighted by Gasteiger charge is -2.31. The average molecular weight is 535 g/mol. The molecule has 0 bridgehead atoms. The smallest absolute Gasteiger partial charge is 0.383 e. The van der Waals surface area contributed by atoms with Crippen LogP contribution in [0.15, 0.2) is 91.0 Å². The number of hydrogen-bond donors (Lipinski definition) is 0. The van der Waals surface area contributed by atoms with Crippen LogP contribution in [-0.4, -0.2) is 24.6 Å². The van der Waals surface area contributed by atoms with Gasteiger partial charge in [0, 0.05) is 31.8 Å². The molecule has 1 atom stereocenters. The predicted octanol–water partition coefficient (Wildman–Crippen LogP) is 9.32. The highest BCUT2D eigenvalue weighted by atomic mass is 32.1. The quantitative estimate of drug-likeness (QED) is 0.195. The van der Waals surface area contributed by atoms with Crippen LogP contribution in [0.1, 0.15) is 46.6 Å². The topological polar surface area (TPSA) is 27.7 Å². The SMILES string of the molecule is CC(CCc1ccc2c(c1)sc1c(-c3ccccc3)cc(-c3ccccc3)cc12)OB1OC(C)(C)C(C)(C)O1. The van der Waals surface area contributed by atoms with Gasteiger partial charge in [0.1, 0.15) is 0 Å². The maximum atomic E-state index is 6.12. The molecule has 3 nitrogen and oxygen atoms in total. The molecule has 6 rings (SSSR count). The first-order valence-electron chi connectivity index (χ1n) is 13.8. The first-order valence-corrected chi connectivity index (χ1v) is 14.6. The lowest BCUT2D eigenvalue weighted by Crippen LogP contribution is -2.41. The Labute approximate surface area is 235 Å². The first-order chi connectivity index (χ1) is 18.7. The van der Waals surface area contributed by atoms with E-state index in [1.54, 1.807) is 0 Å². The van der Waals surface area contributed by atoms with Gasteiger partial charge in [-0.05, 0) is 87.9 Å². The van der Waals surface area contributed by atoms with Crippen LogP contribution in [0, 0.1) is 0 Å². The van der Waals surface area contributed by atoms with Gasteiger partial charge in [-0.2, -0.15) is 0 Å². The van der Waals surface area contributed by atoms with Crippen LogP contribution < -0.4 is 0 Å². The third kappa shape index (κ3) is 5.17. The first kappa shape index (κ1) is 26.3. The molecule has 1 aliphatic heterocycles. The molecule has 0 amide bonds. The highest BCUT2D eigenvalue weighted by Gasteiger charge is 2.53. The highest BCUT2D eigenvalue weighted by Crippen LogP contribution is 2.43. The summed E-state index contributed by atoms with van der Waals surface area (Å²) >= 11 is 1.89. The predicted molar refractivity (Wildman–Crippen MR) is 165 cm³/mol. The van der Waals surface area contributed by atoms with E-state index < -0.39 is 7.32 Å². The van der Waals surface area contributed by atoms with E-state index in [0.29, 0.717) is 0 Å². The van der Waals surface area contributed by atoms with E-state index in [-0.39, 0.29) is 17.3 Å². The van der Waals surface area contributed by atoms with Gasteiger partial charge in [-0.3, -0.25) is 0 Å². The van der Waals surface area contributed by atoms with Crippen LogP contribution in [0.5, 0.6) is 0 Å². The third-order valence-electron chi connectivity index (χ3n) is 8.24. The van der Waals surface area contributed by atoms with Gasteiger partial charge in [0.25, 0.3) is 0 Å². The average Bonchev–Trinajstić information content (AvgIpc) is 3.39. The fourth-order valence-electron chi connectivity index (χ4n) is 5.18. The summed E-state index contributed by atoms with van der Waals surface area (Å²) in [6.45, 7) is 10.3. The minimum atomic E-state index is -0.620. The second kappa shape index (κ2) is 10.2. The largest absolute Gasteiger partial charge is 0.640 e. The number of hydrogen-bond acceptors (Lipinski definition) is 4. The van der Waals surface area contributed by atoms with E-state index >= 15 is 0 Å². The summed E-state index contributed by atoms with van der Waals surface area (Å²) in [6.07, 6.45) is 1.86. The Morgan fingerprint density at radius 1 is 0.744 bits per heavy atom. The summed E-state index contributed by atoms with van der Waals surface area (Å²) in [6, 6.07) is 33.0. The summed E-state index contributed by atoms with van der Waals surface area (Å²) in [5, 5.41) is 2.63. The van der Waals surface area contributed by atoms with Crippen LogP contribution in [0.2, 0.25) is 0 Å². The molecule has 0 saturated carbocycles. The van der Waals surface area contributed by atoms with E-state index in [9.17, 15) is 0 Å². The molecular weight excluding hydrogens is 499 g/mol. The van der Waals surface area contributed by atoms with Crippen molar-refractivity contribution >= 4 is 38.8 Å². The molecule has 4 aromatic carbocycles. The van der Waals surface area contributed by atoms with E-state index in [2.05, 4.69) is 97.9 Å². The lowest BCUT2D eigenvalue weighted by atomic mass is 9.90. The normalized spacial score (nSPS) is 17.2. The Bertz CT molecular complexity index is 1590. The number of rotatable bonds is 7. The summed E-state index contributed by atoms with van der Waals surface area (Å²) < 4.78 is 20.8. The standard InChI is InChI=1S/C34H35BO3S/c1-23(36-35-37-33(2,3)34(4,5)38-35)16-17-24-18-19-28-30-22-27(25-12-8-6-9-13-25)21-29(26-14-10-7-11-15-26)32(30)39-31(28)20-24/h6-15,18-23H,16-17H2,1-5H3. The van der Waals surface area contributed by atoms with Crippen molar-refractivity contribution < 1.29 is 14.0 Å². The Morgan fingerprint density at radius 3 is 2.05 bits per heavy atom. The molecule has 0 spiro atoms. The molecule has 1 saturated heterocycles. The molecule has 198 valence electrons. The van der Waals surface area contributed by atoms with Crippen LogP contribution in [0.3, 0.4) is 0 Å². The second-order valence-electron chi connectivity index (χ2n) is 11.6. The molecule has 1 fully saturated rings. The van der Waals surface area contributed by atoms with E-state index in [1.807, 2.05) is 39.0 Å². The molecule has 5 aromatic rings. The second-order valence-corrected chi connectivity index (χ2v) is 12.6.